The van der Waals surface area contributed by atoms with Crippen LogP contribution in [-0.4, -0.2) is 0 Å². The Kier molecular flexibility index (Phi) is 6.69. The van der Waals surface area contributed by atoms with Crippen LogP contribution in [0.3, 0.4) is 0 Å². The van der Waals surface area contributed by atoms with Crippen LogP contribution < -0.4 is 10.6 Å². The summed E-state index contributed by atoms with van der Waals surface area (Å²) < 4.78 is 0. The summed E-state index contributed by atoms with van der Waals surface area (Å²) in [7, 11) is 0. The molecule has 38 heavy (non-hydrogen) atoms. The van der Waals surface area contributed by atoms with Crippen molar-refractivity contribution in [3.63, 3.8) is 0 Å². The van der Waals surface area contributed by atoms with Crippen LogP contribution in [0.2, 0.25) is 0 Å². The number of hydrogen-bond acceptors (Lipinski definition) is 2. The van der Waals surface area contributed by atoms with Crippen molar-refractivity contribution < 1.29 is 0 Å². The summed E-state index contributed by atoms with van der Waals surface area (Å²) in [5.74, 6) is 0. The Morgan fingerprint density at radius 2 is 0.579 bits per heavy atom. The number of benzene rings is 6. The summed E-state index contributed by atoms with van der Waals surface area (Å²) in [4.78, 5) is 0. The molecule has 0 aliphatic heterocycles. The Morgan fingerprint density at radius 3 is 0.974 bits per heavy atom. The predicted molar refractivity (Wildman–Crippen MR) is 162 cm³/mol. The van der Waals surface area contributed by atoms with E-state index in [1.165, 1.54) is 33.4 Å². The van der Waals surface area contributed by atoms with Crippen molar-refractivity contribution in [3.8, 4) is 33.4 Å². The maximum atomic E-state index is 3.54. The topological polar surface area (TPSA) is 24.1 Å². The highest BCUT2D eigenvalue weighted by Gasteiger charge is 2.03. The van der Waals surface area contributed by atoms with Crippen molar-refractivity contribution in [3.05, 3.63) is 158 Å². The summed E-state index contributed by atoms with van der Waals surface area (Å²) in [5.41, 5.74) is 11.5. The van der Waals surface area contributed by atoms with E-state index in [2.05, 4.69) is 156 Å². The summed E-state index contributed by atoms with van der Waals surface area (Å²) in [6, 6.07) is 55.1. The van der Waals surface area contributed by atoms with Gasteiger partial charge in [-0.05, 0) is 81.9 Å². The van der Waals surface area contributed by atoms with E-state index >= 15 is 0 Å². The Labute approximate surface area is 224 Å². The van der Waals surface area contributed by atoms with Gasteiger partial charge < -0.3 is 10.6 Å². The van der Waals surface area contributed by atoms with E-state index in [0.29, 0.717) is 0 Å². The van der Waals surface area contributed by atoms with Gasteiger partial charge in [0.15, 0.2) is 0 Å². The zero-order valence-corrected chi connectivity index (χ0v) is 21.0. The Hall–Kier alpha value is -5.08. The minimum Gasteiger partial charge on any atom is -0.356 e. The smallest absolute Gasteiger partial charge is 0.0390 e. The van der Waals surface area contributed by atoms with Gasteiger partial charge in [-0.2, -0.15) is 0 Å². The molecule has 0 amide bonds. The molecular formula is C36H28N2. The Bertz CT molecular complexity index is 1500. The van der Waals surface area contributed by atoms with Gasteiger partial charge in [0.2, 0.25) is 0 Å². The number of anilines is 4. The number of rotatable bonds is 7. The fourth-order valence-corrected chi connectivity index (χ4v) is 4.64. The van der Waals surface area contributed by atoms with Crippen LogP contribution >= 0.6 is 0 Å². The molecule has 0 unspecified atom stereocenters. The van der Waals surface area contributed by atoms with Gasteiger partial charge in [-0.25, -0.2) is 0 Å². The van der Waals surface area contributed by atoms with Crippen molar-refractivity contribution in [1.29, 1.82) is 0 Å². The molecule has 0 heterocycles. The van der Waals surface area contributed by atoms with Gasteiger partial charge in [-0.3, -0.25) is 0 Å². The Morgan fingerprint density at radius 1 is 0.237 bits per heavy atom. The fourth-order valence-electron chi connectivity index (χ4n) is 4.64. The van der Waals surface area contributed by atoms with Crippen LogP contribution in [0.4, 0.5) is 22.7 Å². The average Bonchev–Trinajstić information content (AvgIpc) is 2.99. The minimum absolute atomic E-state index is 1.07. The molecule has 0 aromatic heterocycles. The molecule has 2 nitrogen and oxygen atoms in total. The van der Waals surface area contributed by atoms with Crippen molar-refractivity contribution in [2.24, 2.45) is 0 Å². The largest absolute Gasteiger partial charge is 0.356 e. The third kappa shape index (κ3) is 5.50. The van der Waals surface area contributed by atoms with E-state index in [9.17, 15) is 0 Å². The first-order valence-electron chi connectivity index (χ1n) is 12.9. The SMILES string of the molecule is c1ccc(-c2cccc(Nc3ccc(-c4ccc(Nc5cccc(-c6ccccc6)c5)cc4)cc3)c2)cc1. The zero-order valence-electron chi connectivity index (χ0n) is 21.0. The van der Waals surface area contributed by atoms with Gasteiger partial charge in [0, 0.05) is 22.7 Å². The van der Waals surface area contributed by atoms with Crippen LogP contribution in [0.1, 0.15) is 0 Å². The second-order valence-electron chi connectivity index (χ2n) is 9.30. The van der Waals surface area contributed by atoms with E-state index < -0.39 is 0 Å². The van der Waals surface area contributed by atoms with Gasteiger partial charge in [-0.15, -0.1) is 0 Å². The van der Waals surface area contributed by atoms with Crippen LogP contribution in [0.5, 0.6) is 0 Å². The van der Waals surface area contributed by atoms with Crippen molar-refractivity contribution >= 4 is 22.7 Å². The first-order valence-corrected chi connectivity index (χ1v) is 12.9. The molecule has 0 spiro atoms. The number of hydrogen-bond donors (Lipinski definition) is 2. The third-order valence-electron chi connectivity index (χ3n) is 6.62. The summed E-state index contributed by atoms with van der Waals surface area (Å²) in [6.07, 6.45) is 0. The molecule has 2 N–H and O–H groups in total. The molecule has 2 heteroatoms. The van der Waals surface area contributed by atoms with E-state index in [4.69, 9.17) is 0 Å². The van der Waals surface area contributed by atoms with Crippen LogP contribution in [0, 0.1) is 0 Å². The van der Waals surface area contributed by atoms with Crippen molar-refractivity contribution in [1.82, 2.24) is 0 Å². The maximum absolute atomic E-state index is 3.54. The van der Waals surface area contributed by atoms with E-state index in [1.807, 2.05) is 12.1 Å². The Balaban J connectivity index is 1.12. The third-order valence-corrected chi connectivity index (χ3v) is 6.62. The summed E-state index contributed by atoms with van der Waals surface area (Å²) >= 11 is 0. The zero-order chi connectivity index (χ0) is 25.6. The van der Waals surface area contributed by atoms with Gasteiger partial charge in [-0.1, -0.05) is 109 Å². The van der Waals surface area contributed by atoms with Crippen LogP contribution in [0.15, 0.2) is 158 Å². The molecule has 6 aromatic rings. The lowest BCUT2D eigenvalue weighted by atomic mass is 10.0. The first kappa shape index (κ1) is 23.3. The van der Waals surface area contributed by atoms with Crippen molar-refractivity contribution in [2.45, 2.75) is 0 Å². The lowest BCUT2D eigenvalue weighted by Crippen LogP contribution is -1.92. The maximum Gasteiger partial charge on any atom is 0.0390 e. The van der Waals surface area contributed by atoms with Gasteiger partial charge >= 0.3 is 0 Å². The lowest BCUT2D eigenvalue weighted by molar-refractivity contribution is 1.52. The first-order chi connectivity index (χ1) is 18.8. The van der Waals surface area contributed by atoms with Gasteiger partial charge in [0.25, 0.3) is 0 Å². The molecule has 0 radical (unpaired) electrons. The molecule has 0 aliphatic carbocycles. The highest BCUT2D eigenvalue weighted by Crippen LogP contribution is 2.29. The van der Waals surface area contributed by atoms with E-state index in [-0.39, 0.29) is 0 Å². The lowest BCUT2D eigenvalue weighted by Gasteiger charge is -2.11. The average molecular weight is 489 g/mol. The molecular weight excluding hydrogens is 460 g/mol. The quantitative estimate of drug-likeness (QED) is 0.233. The minimum atomic E-state index is 1.07. The summed E-state index contributed by atoms with van der Waals surface area (Å²) in [5, 5.41) is 7.07. The fraction of sp³-hybridized carbons (Fsp3) is 0. The molecule has 182 valence electrons. The monoisotopic (exact) mass is 488 g/mol. The summed E-state index contributed by atoms with van der Waals surface area (Å²) in [6.45, 7) is 0. The van der Waals surface area contributed by atoms with Crippen molar-refractivity contribution in [2.75, 3.05) is 10.6 Å². The molecule has 6 aromatic carbocycles. The molecule has 0 atom stereocenters. The normalized spacial score (nSPS) is 10.6. The second kappa shape index (κ2) is 10.9. The van der Waals surface area contributed by atoms with Crippen LogP contribution in [0.25, 0.3) is 33.4 Å². The number of nitrogens with one attached hydrogen (secondary N) is 2. The highest BCUT2D eigenvalue weighted by atomic mass is 14.9. The molecule has 0 saturated carbocycles. The molecule has 6 rings (SSSR count). The molecule has 0 bridgehead atoms. The van der Waals surface area contributed by atoms with Gasteiger partial charge in [0.1, 0.15) is 0 Å². The predicted octanol–water partition coefficient (Wildman–Crippen LogP) is 10.2. The molecule has 0 aliphatic rings. The second-order valence-corrected chi connectivity index (χ2v) is 9.30. The molecule has 0 saturated heterocycles. The van der Waals surface area contributed by atoms with Crippen LogP contribution in [-0.2, 0) is 0 Å². The molecule has 0 fully saturated rings. The van der Waals surface area contributed by atoms with E-state index in [1.54, 1.807) is 0 Å². The standard InChI is InChI=1S/C36H28N2/c1-3-9-27(10-4-1)31-13-7-15-35(25-31)37-33-21-17-29(18-22-33)30-19-23-34(24-20-30)38-36-16-8-14-32(26-36)28-11-5-2-6-12-28/h1-26,37-38H. The van der Waals surface area contributed by atoms with Gasteiger partial charge in [0.05, 0.1) is 0 Å². The van der Waals surface area contributed by atoms with E-state index in [0.717, 1.165) is 22.7 Å². The highest BCUT2D eigenvalue weighted by molar-refractivity contribution is 5.75.